The molecule has 0 aliphatic carbocycles. The van der Waals surface area contributed by atoms with Crippen LogP contribution in [-0.2, 0) is 28.7 Å². The van der Waals surface area contributed by atoms with Crippen molar-refractivity contribution >= 4 is 24.7 Å². The van der Waals surface area contributed by atoms with Crippen molar-refractivity contribution in [1.29, 1.82) is 0 Å². The van der Waals surface area contributed by atoms with Gasteiger partial charge in [-0.15, -0.1) is 0 Å². The Bertz CT molecular complexity index is 836. The highest BCUT2D eigenvalue weighted by atomic mass is 31.2. The Morgan fingerprint density at radius 2 is 1.85 bits per heavy atom. The van der Waals surface area contributed by atoms with Gasteiger partial charge >= 0.3 is 19.0 Å². The molecule has 27 heavy (non-hydrogen) atoms. The molecule has 0 aliphatic rings. The molecule has 1 rings (SSSR count). The van der Waals surface area contributed by atoms with Crippen molar-refractivity contribution in [2.45, 2.75) is 32.0 Å². The van der Waals surface area contributed by atoms with Crippen molar-refractivity contribution in [1.82, 2.24) is 0 Å². The van der Waals surface area contributed by atoms with Gasteiger partial charge in [-0.1, -0.05) is 12.1 Å². The van der Waals surface area contributed by atoms with E-state index in [1.54, 1.807) is 0 Å². The number of hydrogen-bond acceptors (Lipinski definition) is 8. The number of ether oxygens (including phenoxy) is 1. The van der Waals surface area contributed by atoms with E-state index in [1.807, 2.05) is 0 Å². The molecule has 148 valence electrons. The van der Waals surface area contributed by atoms with Crippen LogP contribution in [0.4, 0.5) is 5.69 Å². The Labute approximate surface area is 155 Å². The summed E-state index contributed by atoms with van der Waals surface area (Å²) in [5.41, 5.74) is 3.31. The first-order chi connectivity index (χ1) is 12.4. The molecule has 0 saturated carbocycles. The first kappa shape index (κ1) is 22.6. The lowest BCUT2D eigenvalue weighted by molar-refractivity contribution is -0.385. The van der Waals surface area contributed by atoms with E-state index in [9.17, 15) is 30.1 Å². The number of nitro benzene ring substituents is 1. The van der Waals surface area contributed by atoms with Gasteiger partial charge in [-0.3, -0.25) is 10.1 Å². The summed E-state index contributed by atoms with van der Waals surface area (Å²) >= 11 is 0. The minimum atomic E-state index is -4.46. The minimum absolute atomic E-state index is 0.423. The van der Waals surface area contributed by atoms with Crippen LogP contribution in [-0.4, -0.2) is 46.1 Å². The van der Waals surface area contributed by atoms with Gasteiger partial charge in [-0.2, -0.15) is 4.79 Å². The van der Waals surface area contributed by atoms with Gasteiger partial charge in [0, 0.05) is 31.9 Å². The molecule has 0 aliphatic heterocycles. The van der Waals surface area contributed by atoms with Crippen LogP contribution >= 0.6 is 7.60 Å². The van der Waals surface area contributed by atoms with Gasteiger partial charge in [0.15, 0.2) is 0 Å². The third-order valence-corrected chi connectivity index (χ3v) is 5.22. The lowest BCUT2D eigenvalue weighted by Crippen LogP contribution is -2.48. The molecule has 1 aromatic rings. The average molecular weight is 401 g/mol. The van der Waals surface area contributed by atoms with E-state index in [1.165, 1.54) is 26.8 Å². The number of esters is 1. The van der Waals surface area contributed by atoms with Gasteiger partial charge in [0.1, 0.15) is 5.60 Å². The first-order valence-corrected chi connectivity index (χ1v) is 9.05. The van der Waals surface area contributed by atoms with Crippen LogP contribution in [0.3, 0.4) is 0 Å². The van der Waals surface area contributed by atoms with Crippen LogP contribution in [0.2, 0.25) is 0 Å². The number of nitro groups is 1. The van der Waals surface area contributed by atoms with Gasteiger partial charge in [0.25, 0.3) is 11.3 Å². The maximum absolute atomic E-state index is 12.8. The van der Waals surface area contributed by atoms with Gasteiger partial charge < -0.3 is 24.4 Å². The lowest BCUT2D eigenvalue weighted by Gasteiger charge is -2.28. The molecule has 11 nitrogen and oxygen atoms in total. The predicted octanol–water partition coefficient (Wildman–Crippen LogP) is 2.24. The summed E-state index contributed by atoms with van der Waals surface area (Å²) in [6, 6.07) is 4.28. The molecule has 0 amide bonds. The molecule has 0 fully saturated rings. The summed E-state index contributed by atoms with van der Waals surface area (Å²) in [6.07, 6.45) is 0. The number of benzene rings is 1. The number of carbonyl (C=O) groups is 1. The fraction of sp³-hybridized carbons (Fsp3) is 0.467. The van der Waals surface area contributed by atoms with Crippen molar-refractivity contribution in [2.24, 2.45) is 0 Å². The zero-order valence-corrected chi connectivity index (χ0v) is 16.3. The van der Waals surface area contributed by atoms with Crippen LogP contribution in [0.1, 0.15) is 26.3 Å². The van der Waals surface area contributed by atoms with Crippen molar-refractivity contribution in [3.05, 3.63) is 45.5 Å². The molecule has 0 radical (unpaired) electrons. The summed E-state index contributed by atoms with van der Waals surface area (Å²) in [4.78, 5) is 25.8. The Hall–Kier alpha value is -2.42. The number of non-ortho nitro benzene ring substituents is 1. The van der Waals surface area contributed by atoms with Gasteiger partial charge in [-0.25, -0.2) is 9.36 Å². The second kappa shape index (κ2) is 8.08. The van der Waals surface area contributed by atoms with Crippen molar-refractivity contribution in [3.8, 4) is 0 Å². The topological polar surface area (TPSA) is 162 Å². The van der Waals surface area contributed by atoms with E-state index in [4.69, 9.17) is 13.8 Å². The number of hydrogen-bond donors (Lipinski definition) is 1. The molecule has 0 aromatic heterocycles. The summed E-state index contributed by atoms with van der Waals surface area (Å²) in [6.45, 7) is 4.50. The second-order valence-corrected chi connectivity index (χ2v) is 8.45. The number of aliphatic hydroxyl groups is 1. The van der Waals surface area contributed by atoms with E-state index in [2.05, 4.69) is 4.79 Å². The van der Waals surface area contributed by atoms with E-state index < -0.39 is 46.4 Å². The molecule has 0 spiro atoms. The average Bonchev–Trinajstić information content (AvgIpc) is 2.60. The lowest BCUT2D eigenvalue weighted by atomic mass is 9.94. The largest absolute Gasteiger partial charge is 0.457 e. The fourth-order valence-electron chi connectivity index (χ4n) is 2.11. The normalized spacial score (nSPS) is 14.0. The molecule has 1 N–H and O–H groups in total. The second-order valence-electron chi connectivity index (χ2n) is 6.31. The van der Waals surface area contributed by atoms with Crippen LogP contribution < -0.4 is 0 Å². The summed E-state index contributed by atoms with van der Waals surface area (Å²) in [5, 5.41) is 22.2. The zero-order chi connectivity index (χ0) is 21.0. The Kier molecular flexibility index (Phi) is 6.77. The van der Waals surface area contributed by atoms with Crippen LogP contribution in [0, 0.1) is 10.1 Å². The molecular weight excluding hydrogens is 381 g/mol. The van der Waals surface area contributed by atoms with Crippen molar-refractivity contribution < 1.29 is 38.0 Å². The predicted molar refractivity (Wildman–Crippen MR) is 93.1 cm³/mol. The van der Waals surface area contributed by atoms with Crippen molar-refractivity contribution in [3.63, 3.8) is 0 Å². The molecule has 0 unspecified atom stereocenters. The molecule has 0 saturated heterocycles. The Balaban J connectivity index is 3.80. The van der Waals surface area contributed by atoms with E-state index in [0.29, 0.717) is 0 Å². The minimum Gasteiger partial charge on any atom is -0.457 e. The van der Waals surface area contributed by atoms with Gasteiger partial charge in [0.2, 0.25) is 0 Å². The summed E-state index contributed by atoms with van der Waals surface area (Å²) in [7, 11) is -2.57. The summed E-state index contributed by atoms with van der Waals surface area (Å²) < 4.78 is 27.3. The van der Waals surface area contributed by atoms with E-state index in [0.717, 1.165) is 32.4 Å². The van der Waals surface area contributed by atoms with E-state index >= 15 is 0 Å². The van der Waals surface area contributed by atoms with Gasteiger partial charge in [-0.05, 0) is 20.8 Å². The molecule has 0 heterocycles. The maximum Gasteiger partial charge on any atom is 0.441 e. The smallest absolute Gasteiger partial charge is 0.441 e. The standard InChI is InChI=1S/C15H20N3O8P/c1-14(2,3)26-13(19)15(20,12(17-16)27(23,24-4)25-5)10-7-6-8-11(9-10)18(21)22/h6-9,20H,1-5H3/t15-/m0/s1. The Morgan fingerprint density at radius 3 is 2.26 bits per heavy atom. The monoisotopic (exact) mass is 401 g/mol. The quantitative estimate of drug-likeness (QED) is 0.138. The Morgan fingerprint density at radius 1 is 1.30 bits per heavy atom. The zero-order valence-electron chi connectivity index (χ0n) is 15.4. The molecule has 1 atom stereocenters. The SMILES string of the molecule is COP(=O)(OC)C(=[N+]=[N-])[C@](O)(C(=O)OC(C)(C)C)c1cccc([N+](=O)[O-])c1. The number of nitrogens with zero attached hydrogens (tertiary/aromatic N) is 3. The van der Waals surface area contributed by atoms with Gasteiger partial charge in [0.05, 0.1) is 4.92 Å². The third-order valence-electron chi connectivity index (χ3n) is 3.33. The van der Waals surface area contributed by atoms with Crippen LogP contribution in [0.5, 0.6) is 0 Å². The molecule has 1 aromatic carbocycles. The highest BCUT2D eigenvalue weighted by Gasteiger charge is 2.62. The number of rotatable bonds is 7. The summed E-state index contributed by atoms with van der Waals surface area (Å²) in [5.74, 6) is -1.39. The van der Waals surface area contributed by atoms with Crippen LogP contribution in [0.15, 0.2) is 24.3 Å². The first-order valence-electron chi connectivity index (χ1n) is 7.51. The molecular formula is C15H20N3O8P. The molecule has 0 bridgehead atoms. The maximum atomic E-state index is 12.8. The fourth-order valence-corrected chi connectivity index (χ4v) is 3.33. The number of carbonyl (C=O) groups excluding carboxylic acids is 1. The highest BCUT2D eigenvalue weighted by Crippen LogP contribution is 2.53. The van der Waals surface area contributed by atoms with E-state index in [-0.39, 0.29) is 0 Å². The van der Waals surface area contributed by atoms with Crippen LogP contribution in [0.25, 0.3) is 5.53 Å². The molecule has 12 heteroatoms. The van der Waals surface area contributed by atoms with Crippen molar-refractivity contribution in [2.75, 3.05) is 14.2 Å². The third kappa shape index (κ3) is 4.65. The highest BCUT2D eigenvalue weighted by molar-refractivity contribution is 7.72.